The highest BCUT2D eigenvalue weighted by atomic mass is 79.9. The van der Waals surface area contributed by atoms with Crippen molar-refractivity contribution < 1.29 is 18.3 Å². The Labute approximate surface area is 134 Å². The van der Waals surface area contributed by atoms with Crippen molar-refractivity contribution in [1.82, 2.24) is 0 Å². The number of benzene rings is 2. The molecule has 0 spiro atoms. The third-order valence-electron chi connectivity index (χ3n) is 2.93. The minimum atomic E-state index is -0.676. The van der Waals surface area contributed by atoms with E-state index in [1.54, 1.807) is 18.2 Å². The van der Waals surface area contributed by atoms with Crippen molar-refractivity contribution >= 4 is 27.5 Å². The Hall–Kier alpha value is -1.33. The number of ether oxygens (including phenoxy) is 2. The molecule has 2 aromatic rings. The van der Waals surface area contributed by atoms with Gasteiger partial charge in [-0.1, -0.05) is 6.07 Å². The van der Waals surface area contributed by atoms with Crippen LogP contribution in [-0.4, -0.2) is 7.11 Å². The molecule has 0 amide bonds. The van der Waals surface area contributed by atoms with Crippen molar-refractivity contribution in [2.75, 3.05) is 7.11 Å². The Bertz CT molecular complexity index is 650. The van der Waals surface area contributed by atoms with E-state index in [9.17, 15) is 8.78 Å². The first-order valence-corrected chi connectivity index (χ1v) is 7.37. The van der Waals surface area contributed by atoms with Crippen molar-refractivity contribution in [2.45, 2.75) is 12.5 Å². The molecule has 2 aromatic carbocycles. The Balaban J connectivity index is 2.26. The van der Waals surface area contributed by atoms with Crippen molar-refractivity contribution in [2.24, 2.45) is 0 Å². The molecule has 112 valence electrons. The number of hydrogen-bond acceptors (Lipinski definition) is 2. The zero-order valence-electron chi connectivity index (χ0n) is 11.1. The number of methoxy groups -OCH3 is 1. The summed E-state index contributed by atoms with van der Waals surface area (Å²) in [6.07, 6.45) is 0. The predicted octanol–water partition coefficient (Wildman–Crippen LogP) is 5.05. The van der Waals surface area contributed by atoms with Crippen molar-refractivity contribution in [1.29, 1.82) is 0 Å². The molecule has 2 nitrogen and oxygen atoms in total. The molecule has 0 aliphatic heterocycles. The van der Waals surface area contributed by atoms with Crippen LogP contribution in [0.15, 0.2) is 34.8 Å². The van der Waals surface area contributed by atoms with Crippen LogP contribution in [0.1, 0.15) is 11.1 Å². The van der Waals surface area contributed by atoms with Gasteiger partial charge in [0.05, 0.1) is 23.0 Å². The maximum atomic E-state index is 13.9. The van der Waals surface area contributed by atoms with Gasteiger partial charge in [-0.05, 0) is 34.1 Å². The molecule has 0 saturated carbocycles. The lowest BCUT2D eigenvalue weighted by Gasteiger charge is -2.13. The summed E-state index contributed by atoms with van der Waals surface area (Å²) in [4.78, 5) is 0. The summed E-state index contributed by atoms with van der Waals surface area (Å²) in [6, 6.07) is 7.61. The van der Waals surface area contributed by atoms with Crippen molar-refractivity contribution in [3.8, 4) is 11.5 Å². The average molecular weight is 378 g/mol. The smallest absolute Gasteiger partial charge is 0.146 e. The first-order chi connectivity index (χ1) is 10.1. The molecule has 0 fully saturated rings. The first kappa shape index (κ1) is 16.0. The van der Waals surface area contributed by atoms with Gasteiger partial charge in [0.1, 0.15) is 29.7 Å². The van der Waals surface area contributed by atoms with Gasteiger partial charge in [0.25, 0.3) is 0 Å². The Morgan fingerprint density at radius 1 is 1.19 bits per heavy atom. The fourth-order valence-electron chi connectivity index (χ4n) is 1.76. The Kier molecular flexibility index (Phi) is 5.42. The Morgan fingerprint density at radius 2 is 1.95 bits per heavy atom. The summed E-state index contributed by atoms with van der Waals surface area (Å²) < 4.78 is 38.3. The van der Waals surface area contributed by atoms with E-state index in [2.05, 4.69) is 15.9 Å². The van der Waals surface area contributed by atoms with Crippen LogP contribution in [0, 0.1) is 11.6 Å². The van der Waals surface area contributed by atoms with E-state index >= 15 is 0 Å². The molecule has 0 radical (unpaired) electrons. The number of hydrogen-bond donors (Lipinski definition) is 0. The standard InChI is InChI=1S/C15H12BrClF2O2/c1-20-10-3-2-9(7-17)14(6-10)21-8-11-13(18)5-4-12(16)15(11)19/h2-6H,7-8H2,1H3. The van der Waals surface area contributed by atoms with E-state index in [-0.39, 0.29) is 22.5 Å². The van der Waals surface area contributed by atoms with Gasteiger partial charge in [0.2, 0.25) is 0 Å². The number of alkyl halides is 1. The minimum Gasteiger partial charge on any atom is -0.497 e. The highest BCUT2D eigenvalue weighted by molar-refractivity contribution is 9.10. The van der Waals surface area contributed by atoms with Gasteiger partial charge in [-0.2, -0.15) is 0 Å². The van der Waals surface area contributed by atoms with Gasteiger partial charge in [0, 0.05) is 11.6 Å². The topological polar surface area (TPSA) is 18.5 Å². The molecule has 21 heavy (non-hydrogen) atoms. The summed E-state index contributed by atoms with van der Waals surface area (Å²) in [5.41, 5.74) is 0.570. The number of rotatable bonds is 5. The van der Waals surface area contributed by atoms with Gasteiger partial charge in [-0.25, -0.2) is 8.78 Å². The molecule has 0 unspecified atom stereocenters. The maximum absolute atomic E-state index is 13.9. The summed E-state index contributed by atoms with van der Waals surface area (Å²) in [6.45, 7) is -0.242. The van der Waals surface area contributed by atoms with Gasteiger partial charge in [-0.3, -0.25) is 0 Å². The predicted molar refractivity (Wildman–Crippen MR) is 80.9 cm³/mol. The molecule has 0 bridgehead atoms. The van der Waals surface area contributed by atoms with Crippen LogP contribution in [0.25, 0.3) is 0 Å². The second-order valence-electron chi connectivity index (χ2n) is 4.22. The molecule has 0 N–H and O–H groups in total. The highest BCUT2D eigenvalue weighted by Crippen LogP contribution is 2.28. The van der Waals surface area contributed by atoms with Crippen LogP contribution < -0.4 is 9.47 Å². The fourth-order valence-corrected chi connectivity index (χ4v) is 2.35. The highest BCUT2D eigenvalue weighted by Gasteiger charge is 2.14. The van der Waals surface area contributed by atoms with Gasteiger partial charge >= 0.3 is 0 Å². The van der Waals surface area contributed by atoms with E-state index in [0.717, 1.165) is 0 Å². The van der Waals surface area contributed by atoms with Crippen molar-refractivity contribution in [3.05, 3.63) is 57.6 Å². The van der Waals surface area contributed by atoms with E-state index < -0.39 is 11.6 Å². The summed E-state index contributed by atoms with van der Waals surface area (Å²) in [5, 5.41) is 0. The molecule has 0 aromatic heterocycles. The third kappa shape index (κ3) is 3.66. The lowest BCUT2D eigenvalue weighted by molar-refractivity contribution is 0.288. The second-order valence-corrected chi connectivity index (χ2v) is 5.34. The van der Waals surface area contributed by atoms with E-state index in [1.165, 1.54) is 19.2 Å². The molecule has 0 saturated heterocycles. The van der Waals surface area contributed by atoms with Gasteiger partial charge < -0.3 is 9.47 Å². The number of halogens is 4. The van der Waals surface area contributed by atoms with Crippen LogP contribution in [0.2, 0.25) is 0 Å². The van der Waals surface area contributed by atoms with Gasteiger partial charge in [-0.15, -0.1) is 11.6 Å². The monoisotopic (exact) mass is 376 g/mol. The fraction of sp³-hybridized carbons (Fsp3) is 0.200. The molecular formula is C15H12BrClF2O2. The minimum absolute atomic E-state index is 0.146. The molecule has 6 heteroatoms. The zero-order valence-corrected chi connectivity index (χ0v) is 13.5. The Morgan fingerprint density at radius 3 is 2.62 bits per heavy atom. The SMILES string of the molecule is COc1ccc(CCl)c(OCc2c(F)ccc(Br)c2F)c1. The average Bonchev–Trinajstić information content (AvgIpc) is 2.50. The maximum Gasteiger partial charge on any atom is 0.146 e. The molecular weight excluding hydrogens is 366 g/mol. The normalized spacial score (nSPS) is 10.5. The molecule has 2 rings (SSSR count). The molecule has 0 atom stereocenters. The summed E-state index contributed by atoms with van der Waals surface area (Å²) in [5.74, 6) is -0.100. The van der Waals surface area contributed by atoms with Crippen LogP contribution in [0.3, 0.4) is 0 Å². The zero-order chi connectivity index (χ0) is 15.4. The largest absolute Gasteiger partial charge is 0.497 e. The van der Waals surface area contributed by atoms with Gasteiger partial charge in [0.15, 0.2) is 0 Å². The van der Waals surface area contributed by atoms with Crippen LogP contribution in [0.4, 0.5) is 8.78 Å². The van der Waals surface area contributed by atoms with E-state index in [0.29, 0.717) is 17.1 Å². The first-order valence-electron chi connectivity index (χ1n) is 6.05. The molecule has 0 aliphatic carbocycles. The van der Waals surface area contributed by atoms with Crippen LogP contribution >= 0.6 is 27.5 Å². The summed E-state index contributed by atoms with van der Waals surface area (Å²) in [7, 11) is 1.52. The quantitative estimate of drug-likeness (QED) is 0.536. The lowest BCUT2D eigenvalue weighted by Crippen LogP contribution is -2.04. The van der Waals surface area contributed by atoms with Crippen molar-refractivity contribution in [3.63, 3.8) is 0 Å². The van der Waals surface area contributed by atoms with Crippen LogP contribution in [-0.2, 0) is 12.5 Å². The second kappa shape index (κ2) is 7.09. The lowest BCUT2D eigenvalue weighted by atomic mass is 10.2. The van der Waals surface area contributed by atoms with Crippen LogP contribution in [0.5, 0.6) is 11.5 Å². The van der Waals surface area contributed by atoms with E-state index in [4.69, 9.17) is 21.1 Å². The summed E-state index contributed by atoms with van der Waals surface area (Å²) >= 11 is 8.84. The van der Waals surface area contributed by atoms with E-state index in [1.807, 2.05) is 0 Å². The molecule has 0 aliphatic rings. The molecule has 0 heterocycles. The third-order valence-corrected chi connectivity index (χ3v) is 3.83.